The second-order valence-corrected chi connectivity index (χ2v) is 8.63. The van der Waals surface area contributed by atoms with Gasteiger partial charge >= 0.3 is 0 Å². The first-order chi connectivity index (χ1) is 16.7. The van der Waals surface area contributed by atoms with Crippen LogP contribution in [-0.2, 0) is 5.75 Å². The molecule has 174 valence electrons. The molecule has 0 fully saturated rings. The summed E-state index contributed by atoms with van der Waals surface area (Å²) < 4.78 is 12.8. The molecule has 0 atom stereocenters. The highest BCUT2D eigenvalue weighted by Gasteiger charge is 2.15. The Bertz CT molecular complexity index is 1200. The van der Waals surface area contributed by atoms with Gasteiger partial charge < -0.3 is 14.8 Å². The highest BCUT2D eigenvalue weighted by molar-refractivity contribution is 7.98. The first kappa shape index (κ1) is 23.4. The number of rotatable bonds is 10. The molecule has 34 heavy (non-hydrogen) atoms. The van der Waals surface area contributed by atoms with Crippen LogP contribution in [0.4, 0.5) is 0 Å². The van der Waals surface area contributed by atoms with Gasteiger partial charge in [-0.3, -0.25) is 9.36 Å². The van der Waals surface area contributed by atoms with Crippen LogP contribution in [-0.4, -0.2) is 42.0 Å². The van der Waals surface area contributed by atoms with E-state index in [1.807, 2.05) is 60.7 Å². The normalized spacial score (nSPS) is 10.6. The molecule has 7 heteroatoms. The van der Waals surface area contributed by atoms with Gasteiger partial charge in [0.2, 0.25) is 0 Å². The van der Waals surface area contributed by atoms with Crippen molar-refractivity contribution in [2.24, 2.45) is 0 Å². The number of benzene rings is 3. The molecular formula is C27H27N3O3S. The number of carbonyl (C=O) groups excluding carboxylic acids is 1. The Morgan fingerprint density at radius 2 is 1.65 bits per heavy atom. The number of aromatic nitrogens is 2. The van der Waals surface area contributed by atoms with E-state index in [1.165, 1.54) is 5.56 Å². The van der Waals surface area contributed by atoms with Crippen LogP contribution in [0, 0.1) is 0 Å². The number of thioether (sulfide) groups is 1. The summed E-state index contributed by atoms with van der Waals surface area (Å²) in [5.41, 5.74) is 4.47. The minimum absolute atomic E-state index is 0.145. The molecule has 0 aliphatic carbocycles. The van der Waals surface area contributed by atoms with Crippen molar-refractivity contribution in [1.29, 1.82) is 0 Å². The minimum Gasteiger partial charge on any atom is -0.496 e. The van der Waals surface area contributed by atoms with Crippen LogP contribution < -0.4 is 14.8 Å². The van der Waals surface area contributed by atoms with Gasteiger partial charge in [0.25, 0.3) is 5.91 Å². The van der Waals surface area contributed by atoms with Gasteiger partial charge in [0, 0.05) is 23.7 Å². The maximum atomic E-state index is 12.8. The Balaban J connectivity index is 1.41. The Morgan fingerprint density at radius 1 is 0.941 bits per heavy atom. The monoisotopic (exact) mass is 473 g/mol. The lowest BCUT2D eigenvalue weighted by Crippen LogP contribution is -2.27. The third-order valence-electron chi connectivity index (χ3n) is 5.38. The number of hydrogen-bond donors (Lipinski definition) is 1. The van der Waals surface area contributed by atoms with Gasteiger partial charge in [-0.15, -0.1) is 0 Å². The van der Waals surface area contributed by atoms with E-state index < -0.39 is 0 Å². The van der Waals surface area contributed by atoms with Gasteiger partial charge in [0.1, 0.15) is 17.2 Å². The molecule has 0 saturated heterocycles. The molecule has 0 aliphatic rings. The SMILES string of the molecule is COc1cccc(OC)c1-c1ccc(-n2cncc2C(=O)NCCSCc2ccccc2)cc1. The van der Waals surface area contributed by atoms with E-state index in [9.17, 15) is 4.79 Å². The molecule has 6 nitrogen and oxygen atoms in total. The topological polar surface area (TPSA) is 65.4 Å². The predicted octanol–water partition coefficient (Wildman–Crippen LogP) is 5.22. The second-order valence-electron chi connectivity index (χ2n) is 7.53. The number of methoxy groups -OCH3 is 2. The molecular weight excluding hydrogens is 446 g/mol. The van der Waals surface area contributed by atoms with Crippen LogP contribution in [0.25, 0.3) is 16.8 Å². The van der Waals surface area contributed by atoms with Gasteiger partial charge in [-0.05, 0) is 35.4 Å². The van der Waals surface area contributed by atoms with Crippen molar-refractivity contribution in [2.45, 2.75) is 5.75 Å². The fourth-order valence-electron chi connectivity index (χ4n) is 3.68. The van der Waals surface area contributed by atoms with E-state index in [0.29, 0.717) is 12.2 Å². The Labute approximate surface area is 203 Å². The fraction of sp³-hybridized carbons (Fsp3) is 0.185. The summed E-state index contributed by atoms with van der Waals surface area (Å²) in [6, 6.07) is 23.9. The number of ether oxygens (including phenoxy) is 2. The van der Waals surface area contributed by atoms with Crippen molar-refractivity contribution in [3.8, 4) is 28.3 Å². The summed E-state index contributed by atoms with van der Waals surface area (Å²) in [6.07, 6.45) is 3.24. The summed E-state index contributed by atoms with van der Waals surface area (Å²) in [4.78, 5) is 17.0. The van der Waals surface area contributed by atoms with E-state index in [1.54, 1.807) is 43.1 Å². The third-order valence-corrected chi connectivity index (χ3v) is 6.41. The molecule has 4 rings (SSSR count). The highest BCUT2D eigenvalue weighted by Crippen LogP contribution is 2.38. The molecule has 1 N–H and O–H groups in total. The third kappa shape index (κ3) is 5.43. The number of imidazole rings is 1. The molecule has 0 unspecified atom stereocenters. The van der Waals surface area contributed by atoms with Crippen LogP contribution in [0.5, 0.6) is 11.5 Å². The van der Waals surface area contributed by atoms with E-state index in [4.69, 9.17) is 9.47 Å². The lowest BCUT2D eigenvalue weighted by Gasteiger charge is -2.14. The Kier molecular flexibility index (Phi) is 7.88. The maximum absolute atomic E-state index is 12.8. The van der Waals surface area contributed by atoms with Gasteiger partial charge in [0.05, 0.1) is 32.3 Å². The first-order valence-electron chi connectivity index (χ1n) is 10.9. The molecule has 0 spiro atoms. The molecule has 0 aliphatic heterocycles. The highest BCUT2D eigenvalue weighted by atomic mass is 32.2. The standard InChI is InChI=1S/C27H27N3O3S/c1-32-24-9-6-10-25(33-2)26(24)21-11-13-22(14-12-21)30-19-28-17-23(30)27(31)29-15-16-34-18-20-7-4-3-5-8-20/h3-14,17,19H,15-16,18H2,1-2H3,(H,29,31). The van der Waals surface area contributed by atoms with Crippen molar-refractivity contribution in [1.82, 2.24) is 14.9 Å². The van der Waals surface area contributed by atoms with Gasteiger partial charge in [-0.2, -0.15) is 11.8 Å². The zero-order chi connectivity index (χ0) is 23.8. The second kappa shape index (κ2) is 11.4. The van der Waals surface area contributed by atoms with E-state index in [0.717, 1.165) is 39.8 Å². The summed E-state index contributed by atoms with van der Waals surface area (Å²) >= 11 is 1.79. The predicted molar refractivity (Wildman–Crippen MR) is 137 cm³/mol. The summed E-state index contributed by atoms with van der Waals surface area (Å²) in [7, 11) is 3.28. The van der Waals surface area contributed by atoms with Crippen molar-refractivity contribution < 1.29 is 14.3 Å². The lowest BCUT2D eigenvalue weighted by molar-refractivity contribution is 0.0949. The van der Waals surface area contributed by atoms with Crippen LogP contribution >= 0.6 is 11.8 Å². The summed E-state index contributed by atoms with van der Waals surface area (Å²) in [5.74, 6) is 3.09. The Morgan fingerprint density at radius 3 is 2.32 bits per heavy atom. The molecule has 0 bridgehead atoms. The van der Waals surface area contributed by atoms with E-state index >= 15 is 0 Å². The van der Waals surface area contributed by atoms with Gasteiger partial charge in [-0.25, -0.2) is 4.98 Å². The van der Waals surface area contributed by atoms with Crippen LogP contribution in [0.2, 0.25) is 0 Å². The van der Waals surface area contributed by atoms with Crippen molar-refractivity contribution in [3.05, 3.63) is 96.6 Å². The van der Waals surface area contributed by atoms with Crippen LogP contribution in [0.1, 0.15) is 16.1 Å². The smallest absolute Gasteiger partial charge is 0.269 e. The molecule has 1 aromatic heterocycles. The first-order valence-corrected chi connectivity index (χ1v) is 12.1. The molecule has 1 amide bonds. The molecule has 0 saturated carbocycles. The van der Waals surface area contributed by atoms with Crippen LogP contribution in [0.3, 0.4) is 0 Å². The Hall–Kier alpha value is -3.71. The average molecular weight is 474 g/mol. The zero-order valence-electron chi connectivity index (χ0n) is 19.2. The number of nitrogens with zero attached hydrogens (tertiary/aromatic N) is 2. The summed E-state index contributed by atoms with van der Waals surface area (Å²) in [6.45, 7) is 0.591. The molecule has 4 aromatic rings. The molecule has 1 heterocycles. The number of carbonyl (C=O) groups is 1. The number of hydrogen-bond acceptors (Lipinski definition) is 5. The quantitative estimate of drug-likeness (QED) is 0.320. The van der Waals surface area contributed by atoms with Crippen molar-refractivity contribution in [3.63, 3.8) is 0 Å². The van der Waals surface area contributed by atoms with Crippen LogP contribution in [0.15, 0.2) is 85.3 Å². The number of amides is 1. The molecule has 3 aromatic carbocycles. The largest absolute Gasteiger partial charge is 0.496 e. The van der Waals surface area contributed by atoms with E-state index in [-0.39, 0.29) is 5.91 Å². The van der Waals surface area contributed by atoms with Gasteiger partial charge in [-0.1, -0.05) is 48.5 Å². The van der Waals surface area contributed by atoms with Gasteiger partial charge in [0.15, 0.2) is 0 Å². The minimum atomic E-state index is -0.145. The number of nitrogens with one attached hydrogen (secondary N) is 1. The zero-order valence-corrected chi connectivity index (χ0v) is 20.0. The summed E-state index contributed by atoms with van der Waals surface area (Å²) in [5, 5.41) is 3.00. The average Bonchev–Trinajstić information content (AvgIpc) is 3.39. The van der Waals surface area contributed by atoms with Crippen molar-refractivity contribution >= 4 is 17.7 Å². The maximum Gasteiger partial charge on any atom is 0.269 e. The lowest BCUT2D eigenvalue weighted by atomic mass is 10.0. The fourth-order valence-corrected chi connectivity index (χ4v) is 4.50. The van der Waals surface area contributed by atoms with Crippen molar-refractivity contribution in [2.75, 3.05) is 26.5 Å². The van der Waals surface area contributed by atoms with E-state index in [2.05, 4.69) is 22.4 Å². The molecule has 0 radical (unpaired) electrons.